The predicted molar refractivity (Wildman–Crippen MR) is 153 cm³/mol. The Hall–Kier alpha value is -2.90. The minimum absolute atomic E-state index is 0.121. The Morgan fingerprint density at radius 1 is 1.05 bits per heavy atom. The Labute approximate surface area is 227 Å². The summed E-state index contributed by atoms with van der Waals surface area (Å²) in [5.41, 5.74) is 5.29. The number of fused-ring (bicyclic) bond motifs is 1. The van der Waals surface area contributed by atoms with Crippen LogP contribution in [0.5, 0.6) is 0 Å². The monoisotopic (exact) mass is 517 g/mol. The van der Waals surface area contributed by atoms with Gasteiger partial charge in [-0.25, -0.2) is 0 Å². The molecular formula is C31H43N5O2. The predicted octanol–water partition coefficient (Wildman–Crippen LogP) is 3.98. The quantitative estimate of drug-likeness (QED) is 0.574. The lowest BCUT2D eigenvalue weighted by molar-refractivity contribution is 0.0697. The van der Waals surface area contributed by atoms with Gasteiger partial charge in [-0.15, -0.1) is 0 Å². The molecule has 2 fully saturated rings. The second-order valence-corrected chi connectivity index (χ2v) is 11.3. The molecular weight excluding hydrogens is 474 g/mol. The molecule has 0 radical (unpaired) electrons. The first kappa shape index (κ1) is 26.7. The standard InChI is InChI=1S/C31H43N5O2/c1-4-5-23(2)36-22-26-20-28(10-11-29(26)31(36)38)35-18-16-34(17-19-35)21-24-6-8-25(9-7-24)30(37)33(3)27-12-14-32-15-13-27/h6-11,20,23,27,32H,4-5,12-19,21-22H2,1-3H3. The van der Waals surface area contributed by atoms with E-state index in [0.29, 0.717) is 6.04 Å². The Kier molecular flexibility index (Phi) is 8.34. The molecule has 7 heteroatoms. The maximum Gasteiger partial charge on any atom is 0.254 e. The van der Waals surface area contributed by atoms with Crippen LogP contribution in [0.4, 0.5) is 5.69 Å². The van der Waals surface area contributed by atoms with Gasteiger partial charge in [0.15, 0.2) is 0 Å². The van der Waals surface area contributed by atoms with Crippen molar-refractivity contribution in [2.24, 2.45) is 0 Å². The van der Waals surface area contributed by atoms with Gasteiger partial charge in [-0.3, -0.25) is 14.5 Å². The molecule has 2 amide bonds. The number of benzene rings is 2. The number of hydrogen-bond acceptors (Lipinski definition) is 5. The third-order valence-electron chi connectivity index (χ3n) is 8.68. The van der Waals surface area contributed by atoms with Gasteiger partial charge in [0.05, 0.1) is 0 Å². The van der Waals surface area contributed by atoms with E-state index in [1.165, 1.54) is 16.8 Å². The van der Waals surface area contributed by atoms with E-state index in [9.17, 15) is 9.59 Å². The van der Waals surface area contributed by atoms with Crippen LogP contribution in [0.15, 0.2) is 42.5 Å². The molecule has 2 aromatic rings. The number of hydrogen-bond donors (Lipinski definition) is 1. The topological polar surface area (TPSA) is 59.1 Å². The molecule has 0 saturated carbocycles. The summed E-state index contributed by atoms with van der Waals surface area (Å²) in [6.45, 7) is 11.9. The van der Waals surface area contributed by atoms with Gasteiger partial charge in [0, 0.05) is 75.2 Å². The summed E-state index contributed by atoms with van der Waals surface area (Å²) in [6, 6.07) is 15.2. The first-order valence-corrected chi connectivity index (χ1v) is 14.4. The lowest BCUT2D eigenvalue weighted by Crippen LogP contribution is -2.46. The summed E-state index contributed by atoms with van der Waals surface area (Å²) < 4.78 is 0. The molecule has 0 aromatic heterocycles. The summed E-state index contributed by atoms with van der Waals surface area (Å²) in [7, 11) is 1.94. The minimum Gasteiger partial charge on any atom is -0.369 e. The highest BCUT2D eigenvalue weighted by atomic mass is 16.2. The number of carbonyl (C=O) groups is 2. The van der Waals surface area contributed by atoms with Gasteiger partial charge in [0.25, 0.3) is 11.8 Å². The molecule has 204 valence electrons. The highest BCUT2D eigenvalue weighted by Gasteiger charge is 2.31. The Morgan fingerprint density at radius 3 is 2.45 bits per heavy atom. The molecule has 5 rings (SSSR count). The van der Waals surface area contributed by atoms with Crippen molar-refractivity contribution in [3.63, 3.8) is 0 Å². The van der Waals surface area contributed by atoms with Crippen molar-refractivity contribution < 1.29 is 9.59 Å². The normalized spacial score (nSPS) is 19.5. The fourth-order valence-electron chi connectivity index (χ4n) is 6.19. The lowest BCUT2D eigenvalue weighted by atomic mass is 10.0. The van der Waals surface area contributed by atoms with Gasteiger partial charge in [0.2, 0.25) is 0 Å². The van der Waals surface area contributed by atoms with Crippen LogP contribution in [0.3, 0.4) is 0 Å². The van der Waals surface area contributed by atoms with Crippen LogP contribution < -0.4 is 10.2 Å². The van der Waals surface area contributed by atoms with Crippen LogP contribution in [-0.4, -0.2) is 84.9 Å². The van der Waals surface area contributed by atoms with Gasteiger partial charge < -0.3 is 20.0 Å². The average Bonchev–Trinajstić information content (AvgIpc) is 3.29. The molecule has 3 aliphatic rings. The Morgan fingerprint density at radius 2 is 1.76 bits per heavy atom. The van der Waals surface area contributed by atoms with E-state index >= 15 is 0 Å². The zero-order chi connectivity index (χ0) is 26.6. The zero-order valence-corrected chi connectivity index (χ0v) is 23.3. The van der Waals surface area contributed by atoms with E-state index in [1.54, 1.807) is 0 Å². The molecule has 38 heavy (non-hydrogen) atoms. The fourth-order valence-corrected chi connectivity index (χ4v) is 6.19. The number of rotatable bonds is 8. The second kappa shape index (κ2) is 11.9. The second-order valence-electron chi connectivity index (χ2n) is 11.3. The molecule has 2 aromatic carbocycles. The van der Waals surface area contributed by atoms with E-state index < -0.39 is 0 Å². The summed E-state index contributed by atoms with van der Waals surface area (Å²) in [6.07, 6.45) is 4.18. The number of nitrogens with zero attached hydrogens (tertiary/aromatic N) is 4. The van der Waals surface area contributed by atoms with Crippen LogP contribution >= 0.6 is 0 Å². The summed E-state index contributed by atoms with van der Waals surface area (Å²) in [4.78, 5) is 34.7. The Balaban J connectivity index is 1.13. The number of carbonyl (C=O) groups excluding carboxylic acids is 2. The van der Waals surface area contributed by atoms with Gasteiger partial charge in [0.1, 0.15) is 0 Å². The smallest absolute Gasteiger partial charge is 0.254 e. The number of nitrogens with one attached hydrogen (secondary N) is 1. The first-order valence-electron chi connectivity index (χ1n) is 14.4. The van der Waals surface area contributed by atoms with Crippen molar-refractivity contribution in [2.45, 2.75) is 64.7 Å². The molecule has 1 N–H and O–H groups in total. The number of piperazine rings is 1. The van der Waals surface area contributed by atoms with E-state index in [4.69, 9.17) is 0 Å². The van der Waals surface area contributed by atoms with Crippen molar-refractivity contribution in [3.8, 4) is 0 Å². The molecule has 3 aliphatic heterocycles. The van der Waals surface area contributed by atoms with Crippen molar-refractivity contribution in [3.05, 3.63) is 64.7 Å². The van der Waals surface area contributed by atoms with E-state index in [0.717, 1.165) is 89.2 Å². The highest BCUT2D eigenvalue weighted by molar-refractivity contribution is 5.99. The maximum atomic E-state index is 13.0. The van der Waals surface area contributed by atoms with Crippen molar-refractivity contribution in [1.82, 2.24) is 20.0 Å². The summed E-state index contributed by atoms with van der Waals surface area (Å²) in [5, 5.41) is 3.37. The highest BCUT2D eigenvalue weighted by Crippen LogP contribution is 2.30. The van der Waals surface area contributed by atoms with E-state index in [1.807, 2.05) is 35.0 Å². The van der Waals surface area contributed by atoms with Crippen molar-refractivity contribution >= 4 is 17.5 Å². The molecule has 7 nitrogen and oxygen atoms in total. The van der Waals surface area contributed by atoms with Crippen LogP contribution in [0, 0.1) is 0 Å². The van der Waals surface area contributed by atoms with Gasteiger partial charge in [-0.1, -0.05) is 25.5 Å². The maximum absolute atomic E-state index is 13.0. The van der Waals surface area contributed by atoms with Crippen molar-refractivity contribution in [1.29, 1.82) is 0 Å². The van der Waals surface area contributed by atoms with Crippen LogP contribution in [-0.2, 0) is 13.1 Å². The number of amides is 2. The molecule has 3 heterocycles. The third-order valence-corrected chi connectivity index (χ3v) is 8.68. The van der Waals surface area contributed by atoms with Crippen LogP contribution in [0.1, 0.15) is 71.4 Å². The average molecular weight is 518 g/mol. The van der Waals surface area contributed by atoms with Crippen LogP contribution in [0.2, 0.25) is 0 Å². The summed E-state index contributed by atoms with van der Waals surface area (Å²) >= 11 is 0. The largest absolute Gasteiger partial charge is 0.369 e. The van der Waals surface area contributed by atoms with Gasteiger partial charge >= 0.3 is 0 Å². The number of piperidine rings is 1. The molecule has 0 aliphatic carbocycles. The van der Waals surface area contributed by atoms with Gasteiger partial charge in [-0.05, 0) is 80.7 Å². The van der Waals surface area contributed by atoms with Crippen molar-refractivity contribution in [2.75, 3.05) is 51.2 Å². The SMILES string of the molecule is CCCC(C)N1Cc2cc(N3CCN(Cc4ccc(C(=O)N(C)C5CCNCC5)cc4)CC3)ccc2C1=O. The first-order chi connectivity index (χ1) is 18.4. The molecule has 0 spiro atoms. The molecule has 2 saturated heterocycles. The molecule has 0 bridgehead atoms. The minimum atomic E-state index is 0.121. The third kappa shape index (κ3) is 5.74. The van der Waals surface area contributed by atoms with Gasteiger partial charge in [-0.2, -0.15) is 0 Å². The molecule has 1 unspecified atom stereocenters. The lowest BCUT2D eigenvalue weighted by Gasteiger charge is -2.36. The fraction of sp³-hybridized carbons (Fsp3) is 0.548. The molecule has 1 atom stereocenters. The van der Waals surface area contributed by atoms with Crippen LogP contribution in [0.25, 0.3) is 0 Å². The van der Waals surface area contributed by atoms with E-state index in [-0.39, 0.29) is 17.9 Å². The zero-order valence-electron chi connectivity index (χ0n) is 23.3. The Bertz CT molecular complexity index is 1120. The summed E-state index contributed by atoms with van der Waals surface area (Å²) in [5.74, 6) is 0.305. The number of anilines is 1. The van der Waals surface area contributed by atoms with E-state index in [2.05, 4.69) is 53.2 Å².